The zero-order chi connectivity index (χ0) is 14.8. The molecule has 0 spiro atoms. The third-order valence-corrected chi connectivity index (χ3v) is 2.65. The molecule has 1 rings (SSSR count). The minimum absolute atomic E-state index is 0.243. The Labute approximate surface area is 121 Å². The van der Waals surface area contributed by atoms with Crippen molar-refractivity contribution in [3.05, 3.63) is 24.3 Å². The van der Waals surface area contributed by atoms with Crippen LogP contribution in [0, 0.1) is 0 Å². The molecule has 20 heavy (non-hydrogen) atoms. The third-order valence-electron chi connectivity index (χ3n) is 2.65. The van der Waals surface area contributed by atoms with E-state index in [0.29, 0.717) is 13.2 Å². The van der Waals surface area contributed by atoms with Crippen molar-refractivity contribution in [3.8, 4) is 11.5 Å². The predicted octanol–water partition coefficient (Wildman–Crippen LogP) is 4.05. The second-order valence-corrected chi connectivity index (χ2v) is 4.72. The smallest absolute Gasteiger partial charge is 0.129 e. The summed E-state index contributed by atoms with van der Waals surface area (Å²) >= 11 is 0. The van der Waals surface area contributed by atoms with Gasteiger partial charge in [0.1, 0.15) is 24.7 Å². The number of hydrogen-bond acceptors (Lipinski definition) is 4. The zero-order valence-corrected chi connectivity index (χ0v) is 12.9. The molecule has 112 valence electrons. The van der Waals surface area contributed by atoms with Crippen molar-refractivity contribution in [2.75, 3.05) is 13.2 Å². The van der Waals surface area contributed by atoms with E-state index in [-0.39, 0.29) is 6.10 Å². The third kappa shape index (κ3) is 6.45. The van der Waals surface area contributed by atoms with Crippen molar-refractivity contribution in [2.24, 2.45) is 5.16 Å². The molecule has 0 saturated heterocycles. The fourth-order valence-electron chi connectivity index (χ4n) is 1.70. The number of hydrogen-bond donors (Lipinski definition) is 0. The van der Waals surface area contributed by atoms with Crippen molar-refractivity contribution in [2.45, 2.75) is 46.6 Å². The molecule has 4 nitrogen and oxygen atoms in total. The van der Waals surface area contributed by atoms with Gasteiger partial charge in [-0.1, -0.05) is 18.5 Å². The molecule has 4 heteroatoms. The lowest BCUT2D eigenvalue weighted by molar-refractivity contribution is 0.156. The van der Waals surface area contributed by atoms with Gasteiger partial charge < -0.3 is 14.3 Å². The second kappa shape index (κ2) is 9.23. The van der Waals surface area contributed by atoms with Crippen molar-refractivity contribution >= 4 is 5.71 Å². The van der Waals surface area contributed by atoms with Crippen LogP contribution in [0.3, 0.4) is 0 Å². The molecule has 0 bridgehead atoms. The van der Waals surface area contributed by atoms with Crippen LogP contribution in [0.1, 0.15) is 40.5 Å². The molecular formula is C16H25NO3. The van der Waals surface area contributed by atoms with Crippen LogP contribution in [0.5, 0.6) is 11.5 Å². The summed E-state index contributed by atoms with van der Waals surface area (Å²) in [5.41, 5.74) is 0.809. The van der Waals surface area contributed by atoms with Gasteiger partial charge in [0.2, 0.25) is 0 Å². The predicted molar refractivity (Wildman–Crippen MR) is 81.7 cm³/mol. The number of ether oxygens (including phenoxy) is 2. The van der Waals surface area contributed by atoms with Gasteiger partial charge in [0, 0.05) is 0 Å². The van der Waals surface area contributed by atoms with Gasteiger partial charge in [-0.15, -0.1) is 0 Å². The quantitative estimate of drug-likeness (QED) is 0.506. The summed E-state index contributed by atoms with van der Waals surface area (Å²) in [5.74, 6) is 1.67. The highest BCUT2D eigenvalue weighted by atomic mass is 16.6. The minimum Gasteiger partial charge on any atom is -0.491 e. The molecule has 0 fully saturated rings. The van der Waals surface area contributed by atoms with Crippen LogP contribution in [-0.2, 0) is 4.84 Å². The molecule has 0 heterocycles. The Morgan fingerprint density at radius 2 is 1.80 bits per heavy atom. The Kier molecular flexibility index (Phi) is 7.55. The van der Waals surface area contributed by atoms with Gasteiger partial charge in [-0.2, -0.15) is 0 Å². The molecule has 0 saturated carbocycles. The standard InChI is InChI=1S/C16H25NO3/c1-5-7-14(4)20-16-10-8-15(9-11-16)18-12-13(3)17-19-6-2/h8-11,14H,5-7,12H2,1-4H3. The summed E-state index contributed by atoms with van der Waals surface area (Å²) in [5, 5.41) is 3.90. The first-order valence-electron chi connectivity index (χ1n) is 7.20. The van der Waals surface area contributed by atoms with Gasteiger partial charge in [-0.05, 0) is 51.5 Å². The lowest BCUT2D eigenvalue weighted by Crippen LogP contribution is -2.11. The number of rotatable bonds is 9. The van der Waals surface area contributed by atoms with Crippen LogP contribution in [-0.4, -0.2) is 25.0 Å². The normalized spacial score (nSPS) is 12.9. The molecular weight excluding hydrogens is 254 g/mol. The summed E-state index contributed by atoms with van der Waals surface area (Å²) < 4.78 is 11.4. The van der Waals surface area contributed by atoms with E-state index < -0.39 is 0 Å². The van der Waals surface area contributed by atoms with Crippen molar-refractivity contribution in [3.63, 3.8) is 0 Å². The van der Waals surface area contributed by atoms with Gasteiger partial charge in [-0.3, -0.25) is 0 Å². The van der Waals surface area contributed by atoms with E-state index in [0.717, 1.165) is 30.1 Å². The van der Waals surface area contributed by atoms with E-state index in [1.165, 1.54) is 0 Å². The van der Waals surface area contributed by atoms with Crippen LogP contribution in [0.2, 0.25) is 0 Å². The molecule has 1 atom stereocenters. The molecule has 1 aromatic rings. The Morgan fingerprint density at radius 3 is 2.40 bits per heavy atom. The topological polar surface area (TPSA) is 40.0 Å². The Morgan fingerprint density at radius 1 is 1.15 bits per heavy atom. The lowest BCUT2D eigenvalue weighted by Gasteiger charge is -2.14. The van der Waals surface area contributed by atoms with Crippen molar-refractivity contribution in [1.29, 1.82) is 0 Å². The van der Waals surface area contributed by atoms with Crippen molar-refractivity contribution in [1.82, 2.24) is 0 Å². The number of nitrogens with zero attached hydrogens (tertiary/aromatic N) is 1. The van der Waals surface area contributed by atoms with E-state index in [1.54, 1.807) is 0 Å². The van der Waals surface area contributed by atoms with E-state index in [2.05, 4.69) is 19.0 Å². The van der Waals surface area contributed by atoms with Crippen LogP contribution in [0.4, 0.5) is 0 Å². The number of oxime groups is 1. The van der Waals surface area contributed by atoms with Gasteiger partial charge in [0.15, 0.2) is 0 Å². The molecule has 0 N–H and O–H groups in total. The minimum atomic E-state index is 0.243. The highest BCUT2D eigenvalue weighted by Gasteiger charge is 2.03. The highest BCUT2D eigenvalue weighted by molar-refractivity contribution is 5.82. The highest BCUT2D eigenvalue weighted by Crippen LogP contribution is 2.19. The van der Waals surface area contributed by atoms with E-state index >= 15 is 0 Å². The molecule has 1 aromatic carbocycles. The summed E-state index contributed by atoms with van der Waals surface area (Å²) in [6.07, 6.45) is 2.43. The summed E-state index contributed by atoms with van der Waals surface area (Å²) in [4.78, 5) is 4.96. The lowest BCUT2D eigenvalue weighted by atomic mass is 10.2. The van der Waals surface area contributed by atoms with Gasteiger partial charge in [0.05, 0.1) is 11.8 Å². The Balaban J connectivity index is 2.42. The van der Waals surface area contributed by atoms with Gasteiger partial charge in [-0.25, -0.2) is 0 Å². The van der Waals surface area contributed by atoms with E-state index in [9.17, 15) is 0 Å². The zero-order valence-electron chi connectivity index (χ0n) is 12.9. The average molecular weight is 279 g/mol. The molecule has 0 aliphatic carbocycles. The largest absolute Gasteiger partial charge is 0.491 e. The van der Waals surface area contributed by atoms with E-state index in [4.69, 9.17) is 14.3 Å². The fraction of sp³-hybridized carbons (Fsp3) is 0.562. The maximum atomic E-state index is 5.79. The number of benzene rings is 1. The van der Waals surface area contributed by atoms with Gasteiger partial charge >= 0.3 is 0 Å². The van der Waals surface area contributed by atoms with Gasteiger partial charge in [0.25, 0.3) is 0 Å². The van der Waals surface area contributed by atoms with Crippen LogP contribution < -0.4 is 9.47 Å². The molecule has 0 radical (unpaired) electrons. The van der Waals surface area contributed by atoms with Crippen LogP contribution in [0.15, 0.2) is 29.4 Å². The molecule has 0 amide bonds. The monoisotopic (exact) mass is 279 g/mol. The van der Waals surface area contributed by atoms with Crippen molar-refractivity contribution < 1.29 is 14.3 Å². The Hall–Kier alpha value is -1.71. The Bertz CT molecular complexity index is 401. The first-order chi connectivity index (χ1) is 9.65. The van der Waals surface area contributed by atoms with Crippen LogP contribution >= 0.6 is 0 Å². The molecule has 0 aromatic heterocycles. The fourth-order valence-corrected chi connectivity index (χ4v) is 1.70. The second-order valence-electron chi connectivity index (χ2n) is 4.72. The molecule has 0 aliphatic heterocycles. The summed E-state index contributed by atoms with van der Waals surface area (Å²) in [6, 6.07) is 7.66. The molecule has 0 aliphatic rings. The molecule has 1 unspecified atom stereocenters. The summed E-state index contributed by atoms with van der Waals surface area (Å²) in [7, 11) is 0. The maximum Gasteiger partial charge on any atom is 0.129 e. The SMILES string of the molecule is CCCC(C)Oc1ccc(OCC(C)=NOCC)cc1. The maximum absolute atomic E-state index is 5.79. The first kappa shape index (κ1) is 16.3. The summed E-state index contributed by atoms with van der Waals surface area (Å²) in [6.45, 7) is 9.01. The van der Waals surface area contributed by atoms with Crippen LogP contribution in [0.25, 0.3) is 0 Å². The average Bonchev–Trinajstić information content (AvgIpc) is 2.44. The van der Waals surface area contributed by atoms with E-state index in [1.807, 2.05) is 38.1 Å². The first-order valence-corrected chi connectivity index (χ1v) is 7.20.